The van der Waals surface area contributed by atoms with E-state index in [1.54, 1.807) is 0 Å². The van der Waals surface area contributed by atoms with Crippen LogP contribution in [0.1, 0.15) is 58.8 Å². The van der Waals surface area contributed by atoms with Crippen LogP contribution in [-0.4, -0.2) is 6.04 Å². The largest absolute Gasteiger partial charge is 0.328 e. The van der Waals surface area contributed by atoms with Gasteiger partial charge in [0.2, 0.25) is 0 Å². The number of rotatable bonds is 1. The topological polar surface area (TPSA) is 26.0 Å². The van der Waals surface area contributed by atoms with Crippen LogP contribution < -0.4 is 5.73 Å². The summed E-state index contributed by atoms with van der Waals surface area (Å²) >= 11 is 0. The van der Waals surface area contributed by atoms with Crippen molar-refractivity contribution >= 4 is 0 Å². The molecule has 2 unspecified atom stereocenters. The van der Waals surface area contributed by atoms with E-state index in [0.717, 1.165) is 11.8 Å². The molecule has 2 aliphatic rings. The third kappa shape index (κ3) is 1.98. The Balaban J connectivity index is 1.94. The van der Waals surface area contributed by atoms with E-state index in [2.05, 4.69) is 13.8 Å². The highest BCUT2D eigenvalue weighted by atomic mass is 14.7. The zero-order valence-electron chi connectivity index (χ0n) is 9.76. The van der Waals surface area contributed by atoms with Gasteiger partial charge < -0.3 is 5.73 Å². The van der Waals surface area contributed by atoms with Gasteiger partial charge in [0, 0.05) is 6.04 Å². The lowest BCUT2D eigenvalue weighted by atomic mass is 9.67. The Morgan fingerprint density at radius 1 is 1.07 bits per heavy atom. The van der Waals surface area contributed by atoms with Crippen LogP contribution in [0.4, 0.5) is 0 Å². The van der Waals surface area contributed by atoms with Gasteiger partial charge in [0.1, 0.15) is 0 Å². The Labute approximate surface area is 88.4 Å². The molecule has 0 heterocycles. The molecule has 1 nitrogen and oxygen atoms in total. The first kappa shape index (κ1) is 10.5. The van der Waals surface area contributed by atoms with Gasteiger partial charge in [-0.15, -0.1) is 0 Å². The van der Waals surface area contributed by atoms with Crippen LogP contribution in [-0.2, 0) is 0 Å². The minimum absolute atomic E-state index is 0.499. The Morgan fingerprint density at radius 2 is 1.71 bits per heavy atom. The molecular weight excluding hydrogens is 170 g/mol. The van der Waals surface area contributed by atoms with Crippen molar-refractivity contribution in [2.24, 2.45) is 23.0 Å². The summed E-state index contributed by atoms with van der Waals surface area (Å²) in [7, 11) is 0. The highest BCUT2D eigenvalue weighted by Crippen LogP contribution is 2.49. The predicted molar refractivity (Wildman–Crippen MR) is 61.1 cm³/mol. The van der Waals surface area contributed by atoms with E-state index in [0.29, 0.717) is 11.5 Å². The first-order chi connectivity index (χ1) is 6.60. The molecule has 0 radical (unpaired) electrons. The van der Waals surface area contributed by atoms with Crippen LogP contribution in [0, 0.1) is 17.3 Å². The maximum atomic E-state index is 6.04. The molecule has 14 heavy (non-hydrogen) atoms. The molecule has 2 saturated carbocycles. The summed E-state index contributed by atoms with van der Waals surface area (Å²) in [4.78, 5) is 0. The van der Waals surface area contributed by atoms with Gasteiger partial charge in [-0.3, -0.25) is 0 Å². The summed E-state index contributed by atoms with van der Waals surface area (Å²) in [5.74, 6) is 1.96. The quantitative estimate of drug-likeness (QED) is 0.682. The van der Waals surface area contributed by atoms with Crippen molar-refractivity contribution in [3.8, 4) is 0 Å². The Kier molecular flexibility index (Phi) is 2.88. The van der Waals surface area contributed by atoms with E-state index in [9.17, 15) is 0 Å². The second-order valence-electron chi connectivity index (χ2n) is 6.11. The zero-order valence-corrected chi connectivity index (χ0v) is 9.76. The Morgan fingerprint density at radius 3 is 2.21 bits per heavy atom. The highest BCUT2D eigenvalue weighted by molar-refractivity contribution is 4.93. The van der Waals surface area contributed by atoms with E-state index in [1.807, 2.05) is 0 Å². The van der Waals surface area contributed by atoms with Gasteiger partial charge in [-0.2, -0.15) is 0 Å². The normalized spacial score (nSPS) is 49.5. The van der Waals surface area contributed by atoms with Gasteiger partial charge in [-0.1, -0.05) is 26.7 Å². The summed E-state index contributed by atoms with van der Waals surface area (Å²) in [6.07, 6.45) is 9.77. The number of hydrogen-bond acceptors (Lipinski definition) is 1. The summed E-state index contributed by atoms with van der Waals surface area (Å²) in [6.45, 7) is 4.89. The maximum absolute atomic E-state index is 6.04. The van der Waals surface area contributed by atoms with E-state index >= 15 is 0 Å². The lowest BCUT2D eigenvalue weighted by molar-refractivity contribution is 0.124. The molecule has 0 aromatic rings. The number of nitrogens with two attached hydrogens (primary N) is 1. The molecule has 0 aromatic heterocycles. The molecule has 2 aliphatic carbocycles. The van der Waals surface area contributed by atoms with Crippen molar-refractivity contribution in [1.29, 1.82) is 0 Å². The summed E-state index contributed by atoms with van der Waals surface area (Å²) in [5.41, 5.74) is 6.64. The van der Waals surface area contributed by atoms with E-state index in [1.165, 1.54) is 44.9 Å². The molecule has 0 spiro atoms. The molecule has 0 aliphatic heterocycles. The van der Waals surface area contributed by atoms with Gasteiger partial charge in [0.15, 0.2) is 0 Å². The average molecular weight is 195 g/mol. The molecule has 0 saturated heterocycles. The first-order valence-electron chi connectivity index (χ1n) is 6.36. The summed E-state index contributed by atoms with van der Waals surface area (Å²) in [6, 6.07) is 0.499. The smallest absolute Gasteiger partial charge is 0.00443 e. The van der Waals surface area contributed by atoms with Crippen molar-refractivity contribution in [2.75, 3.05) is 0 Å². The van der Waals surface area contributed by atoms with Crippen LogP contribution in [0.2, 0.25) is 0 Å². The molecule has 2 fully saturated rings. The molecule has 2 atom stereocenters. The van der Waals surface area contributed by atoms with Crippen LogP contribution in [0.25, 0.3) is 0 Å². The molecule has 0 bridgehead atoms. The summed E-state index contributed by atoms with van der Waals surface area (Å²) in [5, 5.41) is 0. The zero-order chi connectivity index (χ0) is 10.2. The third-order valence-corrected chi connectivity index (χ3v) is 4.82. The van der Waals surface area contributed by atoms with E-state index in [-0.39, 0.29) is 0 Å². The van der Waals surface area contributed by atoms with Crippen LogP contribution in [0.15, 0.2) is 0 Å². The lowest BCUT2D eigenvalue weighted by Gasteiger charge is -2.38. The predicted octanol–water partition coefficient (Wildman–Crippen LogP) is 3.33. The fraction of sp³-hybridized carbons (Fsp3) is 1.00. The highest BCUT2D eigenvalue weighted by Gasteiger charge is 2.40. The molecule has 0 amide bonds. The molecule has 82 valence electrons. The van der Waals surface area contributed by atoms with Crippen LogP contribution in [0.5, 0.6) is 0 Å². The Hall–Kier alpha value is -0.0400. The average Bonchev–Trinajstić information content (AvgIpc) is 2.48. The monoisotopic (exact) mass is 195 g/mol. The minimum Gasteiger partial charge on any atom is -0.328 e. The van der Waals surface area contributed by atoms with Crippen molar-refractivity contribution in [2.45, 2.75) is 64.8 Å². The van der Waals surface area contributed by atoms with Crippen LogP contribution in [0.3, 0.4) is 0 Å². The van der Waals surface area contributed by atoms with Crippen LogP contribution >= 0.6 is 0 Å². The van der Waals surface area contributed by atoms with Gasteiger partial charge >= 0.3 is 0 Å². The van der Waals surface area contributed by atoms with Gasteiger partial charge in [-0.05, 0) is 49.4 Å². The van der Waals surface area contributed by atoms with Gasteiger partial charge in [0.05, 0.1) is 0 Å². The van der Waals surface area contributed by atoms with Crippen molar-refractivity contribution in [1.82, 2.24) is 0 Å². The molecule has 2 N–H and O–H groups in total. The molecule has 1 heteroatoms. The van der Waals surface area contributed by atoms with E-state index < -0.39 is 0 Å². The Bertz CT molecular complexity index is 193. The molecular formula is C13H25N. The first-order valence-corrected chi connectivity index (χ1v) is 6.36. The molecule has 0 aromatic carbocycles. The third-order valence-electron chi connectivity index (χ3n) is 4.82. The lowest BCUT2D eigenvalue weighted by Crippen LogP contribution is -2.30. The fourth-order valence-electron chi connectivity index (χ4n) is 3.65. The second-order valence-corrected chi connectivity index (χ2v) is 6.11. The fourth-order valence-corrected chi connectivity index (χ4v) is 3.65. The maximum Gasteiger partial charge on any atom is 0.00443 e. The SMILES string of the molecule is CC1CCC(C2(C)CCC(N)C2)CC1. The van der Waals surface area contributed by atoms with Gasteiger partial charge in [-0.25, -0.2) is 0 Å². The summed E-state index contributed by atoms with van der Waals surface area (Å²) < 4.78 is 0. The van der Waals surface area contributed by atoms with Gasteiger partial charge in [0.25, 0.3) is 0 Å². The second kappa shape index (κ2) is 3.84. The van der Waals surface area contributed by atoms with Crippen molar-refractivity contribution in [3.05, 3.63) is 0 Å². The number of hydrogen-bond donors (Lipinski definition) is 1. The molecule has 2 rings (SSSR count). The minimum atomic E-state index is 0.499. The standard InChI is InChI=1S/C13H25N/c1-10-3-5-11(6-4-10)13(2)8-7-12(14)9-13/h10-12H,3-9,14H2,1-2H3. The van der Waals surface area contributed by atoms with E-state index in [4.69, 9.17) is 5.73 Å². The van der Waals surface area contributed by atoms with Crippen molar-refractivity contribution in [3.63, 3.8) is 0 Å². The van der Waals surface area contributed by atoms with Crippen molar-refractivity contribution < 1.29 is 0 Å².